The van der Waals surface area contributed by atoms with Crippen LogP contribution in [0.2, 0.25) is 0 Å². The van der Waals surface area contributed by atoms with Crippen LogP contribution in [0.4, 0.5) is 0 Å². The van der Waals surface area contributed by atoms with Gasteiger partial charge in [-0.25, -0.2) is 0 Å². The van der Waals surface area contributed by atoms with Gasteiger partial charge < -0.3 is 5.73 Å². The Morgan fingerprint density at radius 2 is 1.07 bits per heavy atom. The Morgan fingerprint density at radius 3 is 1.50 bits per heavy atom. The van der Waals surface area contributed by atoms with Crippen LogP contribution in [0.25, 0.3) is 0 Å². The summed E-state index contributed by atoms with van der Waals surface area (Å²) in [6.45, 7) is 7.05. The van der Waals surface area contributed by atoms with Crippen molar-refractivity contribution in [1.82, 2.24) is 0 Å². The van der Waals surface area contributed by atoms with Crippen molar-refractivity contribution < 1.29 is 0 Å². The van der Waals surface area contributed by atoms with Crippen LogP contribution < -0.4 is 5.73 Å². The molecule has 0 aromatic heterocycles. The fraction of sp³-hybridized carbons (Fsp3) is 1.00. The van der Waals surface area contributed by atoms with Crippen LogP contribution in [0.15, 0.2) is 0 Å². The molecular weight excluding hydrogens is 170 g/mol. The topological polar surface area (TPSA) is 26.0 Å². The second kappa shape index (κ2) is 4.65. The molecule has 1 aliphatic carbocycles. The highest BCUT2D eigenvalue weighted by atomic mass is 14.7. The van der Waals surface area contributed by atoms with Gasteiger partial charge >= 0.3 is 0 Å². The van der Waals surface area contributed by atoms with Crippen LogP contribution in [0.3, 0.4) is 0 Å². The molecular formula is C13H27N. The molecule has 1 fully saturated rings. The molecule has 0 heterocycles. The van der Waals surface area contributed by atoms with Crippen LogP contribution in [-0.4, -0.2) is 5.54 Å². The van der Waals surface area contributed by atoms with Crippen molar-refractivity contribution in [3.8, 4) is 0 Å². The molecule has 0 radical (unpaired) electrons. The van der Waals surface area contributed by atoms with Crippen LogP contribution >= 0.6 is 0 Å². The molecule has 1 nitrogen and oxygen atoms in total. The van der Waals surface area contributed by atoms with Gasteiger partial charge in [-0.15, -0.1) is 0 Å². The van der Waals surface area contributed by atoms with E-state index >= 15 is 0 Å². The molecule has 0 unspecified atom stereocenters. The Labute approximate surface area is 89.5 Å². The van der Waals surface area contributed by atoms with Gasteiger partial charge in [0.05, 0.1) is 0 Å². The molecule has 1 rings (SSSR count). The summed E-state index contributed by atoms with van der Waals surface area (Å²) < 4.78 is 0. The summed E-state index contributed by atoms with van der Waals surface area (Å²) in [4.78, 5) is 0. The molecule has 0 bridgehead atoms. The van der Waals surface area contributed by atoms with Gasteiger partial charge in [-0.1, -0.05) is 39.5 Å². The fourth-order valence-corrected chi connectivity index (χ4v) is 2.51. The Kier molecular flexibility index (Phi) is 4.00. The van der Waals surface area contributed by atoms with Crippen molar-refractivity contribution in [3.63, 3.8) is 0 Å². The molecule has 0 aliphatic heterocycles. The van der Waals surface area contributed by atoms with Crippen molar-refractivity contribution in [1.29, 1.82) is 0 Å². The van der Waals surface area contributed by atoms with E-state index in [9.17, 15) is 0 Å². The molecule has 84 valence electrons. The predicted octanol–water partition coefficient (Wildman–Crippen LogP) is 3.86. The molecule has 2 N–H and O–H groups in total. The molecule has 0 saturated heterocycles. The number of hydrogen-bond acceptors (Lipinski definition) is 1. The van der Waals surface area contributed by atoms with Gasteiger partial charge in [0.15, 0.2) is 0 Å². The summed E-state index contributed by atoms with van der Waals surface area (Å²) in [5.41, 5.74) is 6.92. The van der Waals surface area contributed by atoms with E-state index in [1.165, 1.54) is 51.4 Å². The van der Waals surface area contributed by atoms with Crippen LogP contribution in [0, 0.1) is 5.41 Å². The lowest BCUT2D eigenvalue weighted by atomic mass is 9.78. The number of hydrogen-bond donors (Lipinski definition) is 1. The third-order valence-electron chi connectivity index (χ3n) is 3.70. The normalized spacial score (nSPS) is 28.3. The van der Waals surface area contributed by atoms with Gasteiger partial charge in [-0.2, -0.15) is 0 Å². The minimum absolute atomic E-state index is 0.113. The van der Waals surface area contributed by atoms with Gasteiger partial charge in [0.1, 0.15) is 0 Å². The smallest absolute Gasteiger partial charge is 0.0125 e. The summed E-state index contributed by atoms with van der Waals surface area (Å²) in [6.07, 6.45) is 10.5. The highest BCUT2D eigenvalue weighted by molar-refractivity contribution is 4.80. The van der Waals surface area contributed by atoms with Gasteiger partial charge in [0.2, 0.25) is 0 Å². The summed E-state index contributed by atoms with van der Waals surface area (Å²) in [6, 6.07) is 0. The minimum Gasteiger partial charge on any atom is -0.325 e. The van der Waals surface area contributed by atoms with E-state index in [0.29, 0.717) is 5.41 Å². The maximum atomic E-state index is 6.24. The van der Waals surface area contributed by atoms with E-state index in [-0.39, 0.29) is 5.54 Å². The Hall–Kier alpha value is -0.0400. The third kappa shape index (κ3) is 4.45. The van der Waals surface area contributed by atoms with E-state index in [1.807, 2.05) is 0 Å². The van der Waals surface area contributed by atoms with Gasteiger partial charge in [0, 0.05) is 5.54 Å². The largest absolute Gasteiger partial charge is 0.325 e. The zero-order chi connectivity index (χ0) is 10.7. The lowest BCUT2D eigenvalue weighted by molar-refractivity contribution is 0.253. The lowest BCUT2D eigenvalue weighted by Gasteiger charge is -2.30. The monoisotopic (exact) mass is 197 g/mol. The second-order valence-electron chi connectivity index (χ2n) is 6.23. The SMILES string of the molecule is CC1(C)CCCCC(C)(N)CCCC1. The predicted molar refractivity (Wildman–Crippen MR) is 63.3 cm³/mol. The molecule has 0 spiro atoms. The van der Waals surface area contributed by atoms with Crippen molar-refractivity contribution in [2.45, 2.75) is 77.7 Å². The van der Waals surface area contributed by atoms with Gasteiger partial charge in [-0.3, -0.25) is 0 Å². The van der Waals surface area contributed by atoms with E-state index in [0.717, 1.165) is 0 Å². The van der Waals surface area contributed by atoms with Crippen LogP contribution in [0.1, 0.15) is 72.1 Å². The Bertz CT molecular complexity index is 134. The molecule has 0 amide bonds. The highest BCUT2D eigenvalue weighted by Gasteiger charge is 2.22. The fourth-order valence-electron chi connectivity index (χ4n) is 2.51. The summed E-state index contributed by atoms with van der Waals surface area (Å²) in [5.74, 6) is 0. The van der Waals surface area contributed by atoms with E-state index in [1.54, 1.807) is 0 Å². The molecule has 0 atom stereocenters. The molecule has 14 heavy (non-hydrogen) atoms. The number of nitrogens with two attached hydrogens (primary N) is 1. The maximum absolute atomic E-state index is 6.24. The van der Waals surface area contributed by atoms with E-state index in [2.05, 4.69) is 20.8 Å². The Morgan fingerprint density at radius 1 is 0.714 bits per heavy atom. The van der Waals surface area contributed by atoms with Crippen molar-refractivity contribution in [2.75, 3.05) is 0 Å². The highest BCUT2D eigenvalue weighted by Crippen LogP contribution is 2.33. The Balaban J connectivity index is 2.42. The quantitative estimate of drug-likeness (QED) is 0.627. The second-order valence-corrected chi connectivity index (χ2v) is 6.23. The van der Waals surface area contributed by atoms with Crippen LogP contribution in [0.5, 0.6) is 0 Å². The minimum atomic E-state index is 0.113. The molecule has 0 aromatic carbocycles. The van der Waals surface area contributed by atoms with E-state index in [4.69, 9.17) is 5.73 Å². The first-order valence-electron chi connectivity index (χ1n) is 6.20. The number of rotatable bonds is 0. The first kappa shape index (κ1) is 12.0. The third-order valence-corrected chi connectivity index (χ3v) is 3.70. The standard InChI is InChI=1S/C13H27N/c1-12(2)8-4-6-10-13(3,14)11-7-5-9-12/h4-11,14H2,1-3H3. The van der Waals surface area contributed by atoms with Crippen molar-refractivity contribution >= 4 is 0 Å². The van der Waals surface area contributed by atoms with Crippen LogP contribution in [-0.2, 0) is 0 Å². The lowest BCUT2D eigenvalue weighted by Crippen LogP contribution is -2.36. The zero-order valence-corrected chi connectivity index (χ0v) is 10.2. The van der Waals surface area contributed by atoms with Crippen molar-refractivity contribution in [3.05, 3.63) is 0 Å². The molecule has 1 heteroatoms. The van der Waals surface area contributed by atoms with E-state index < -0.39 is 0 Å². The summed E-state index contributed by atoms with van der Waals surface area (Å²) in [5, 5.41) is 0. The summed E-state index contributed by atoms with van der Waals surface area (Å²) in [7, 11) is 0. The van der Waals surface area contributed by atoms with Crippen molar-refractivity contribution in [2.24, 2.45) is 11.1 Å². The van der Waals surface area contributed by atoms with Gasteiger partial charge in [0.25, 0.3) is 0 Å². The molecule has 1 saturated carbocycles. The molecule has 1 aliphatic rings. The average Bonchev–Trinajstić information content (AvgIpc) is 2.07. The maximum Gasteiger partial charge on any atom is 0.0125 e. The first-order chi connectivity index (χ1) is 6.41. The molecule has 0 aromatic rings. The van der Waals surface area contributed by atoms with Gasteiger partial charge in [-0.05, 0) is 38.0 Å². The summed E-state index contributed by atoms with van der Waals surface area (Å²) >= 11 is 0. The zero-order valence-electron chi connectivity index (χ0n) is 10.2. The first-order valence-corrected chi connectivity index (χ1v) is 6.20. The average molecular weight is 197 g/mol.